The number of rotatable bonds is 5. The number of ketones is 1. The largest absolute Gasteiger partial charge is 0.508 e. The third-order valence-corrected chi connectivity index (χ3v) is 5.56. The van der Waals surface area contributed by atoms with Crippen molar-refractivity contribution in [3.8, 4) is 16.9 Å². The van der Waals surface area contributed by atoms with E-state index < -0.39 is 16.8 Å². The average Bonchev–Trinajstić information content (AvgIpc) is 2.72. The van der Waals surface area contributed by atoms with Gasteiger partial charge >= 0.3 is 5.97 Å². The fourth-order valence-corrected chi connectivity index (χ4v) is 3.97. The number of Topliss-reactive ketones (excluding diaryl/α,β-unsaturated/α-hetero) is 1. The molecule has 0 aliphatic carbocycles. The first kappa shape index (κ1) is 22.5. The lowest BCUT2D eigenvalue weighted by atomic mass is 9.75. The minimum Gasteiger partial charge on any atom is -0.508 e. The molecule has 31 heavy (non-hydrogen) atoms. The number of benzene rings is 3. The van der Waals surface area contributed by atoms with E-state index in [1.54, 1.807) is 19.9 Å². The monoisotopic (exact) mass is 418 g/mol. The predicted octanol–water partition coefficient (Wildman–Crippen LogP) is 6.32. The van der Waals surface area contributed by atoms with Crippen molar-refractivity contribution in [1.29, 1.82) is 0 Å². The van der Waals surface area contributed by atoms with Crippen molar-refractivity contribution in [2.75, 3.05) is 6.61 Å². The number of hydrogen-bond acceptors (Lipinski definition) is 4. The van der Waals surface area contributed by atoms with Gasteiger partial charge in [0.05, 0.1) is 11.0 Å². The molecule has 0 bridgehead atoms. The Kier molecular flexibility index (Phi) is 5.95. The summed E-state index contributed by atoms with van der Waals surface area (Å²) >= 11 is 0. The van der Waals surface area contributed by atoms with E-state index >= 15 is 0 Å². The van der Waals surface area contributed by atoms with Crippen LogP contribution in [0, 0.1) is 17.8 Å². The number of phenolic OH excluding ortho intramolecular Hbond substituents is 1. The summed E-state index contributed by atoms with van der Waals surface area (Å²) in [5.41, 5.74) is 1.32. The smallest absolute Gasteiger partial charge is 0.338 e. The highest BCUT2D eigenvalue weighted by molar-refractivity contribution is 6.00. The van der Waals surface area contributed by atoms with Gasteiger partial charge in [0.2, 0.25) is 0 Å². The molecule has 0 spiro atoms. The molecule has 3 aromatic rings. The molecule has 0 aliphatic heterocycles. The Balaban J connectivity index is 1.94. The zero-order valence-corrected chi connectivity index (χ0v) is 19.1. The molecule has 0 fully saturated rings. The van der Waals surface area contributed by atoms with Crippen LogP contribution in [0.2, 0.25) is 0 Å². The lowest BCUT2D eigenvalue weighted by Gasteiger charge is -2.30. The van der Waals surface area contributed by atoms with Gasteiger partial charge in [-0.3, -0.25) is 4.79 Å². The normalized spacial score (nSPS) is 12.1. The van der Waals surface area contributed by atoms with Crippen molar-refractivity contribution in [3.05, 3.63) is 65.7 Å². The molecule has 0 atom stereocenters. The number of fused-ring (bicyclic) bond motifs is 1. The van der Waals surface area contributed by atoms with Gasteiger partial charge in [-0.25, -0.2) is 4.79 Å². The molecule has 4 nitrogen and oxygen atoms in total. The maximum absolute atomic E-state index is 12.8. The minimum absolute atomic E-state index is 0.0241. The molecule has 0 radical (unpaired) electrons. The fraction of sp³-hybridized carbons (Fsp3) is 0.333. The summed E-state index contributed by atoms with van der Waals surface area (Å²) in [5.74, 6) is -0.509. The van der Waals surface area contributed by atoms with E-state index in [9.17, 15) is 14.7 Å². The van der Waals surface area contributed by atoms with Crippen LogP contribution in [-0.4, -0.2) is 23.5 Å². The van der Waals surface area contributed by atoms with Crippen LogP contribution >= 0.6 is 0 Å². The van der Waals surface area contributed by atoms with Gasteiger partial charge in [0.25, 0.3) is 0 Å². The van der Waals surface area contributed by atoms with Gasteiger partial charge in [-0.1, -0.05) is 63.2 Å². The molecule has 3 aromatic carbocycles. The molecule has 162 valence electrons. The van der Waals surface area contributed by atoms with Crippen LogP contribution in [0.15, 0.2) is 54.6 Å². The number of phenols is 1. The van der Waals surface area contributed by atoms with E-state index in [-0.39, 0.29) is 23.7 Å². The predicted molar refractivity (Wildman–Crippen MR) is 124 cm³/mol. The van der Waals surface area contributed by atoms with Crippen molar-refractivity contribution >= 4 is 22.5 Å². The van der Waals surface area contributed by atoms with E-state index in [2.05, 4.69) is 0 Å². The highest BCUT2D eigenvalue weighted by atomic mass is 16.5. The zero-order chi connectivity index (χ0) is 23.0. The Morgan fingerprint density at radius 1 is 0.903 bits per heavy atom. The lowest BCUT2D eigenvalue weighted by molar-refractivity contribution is -0.137. The Morgan fingerprint density at radius 3 is 2.23 bits per heavy atom. The molecule has 4 heteroatoms. The Bertz CT molecular complexity index is 1140. The third kappa shape index (κ3) is 4.63. The summed E-state index contributed by atoms with van der Waals surface area (Å²) < 4.78 is 5.51. The molecule has 0 amide bonds. The SMILES string of the molecule is Cc1c(O)cc(C(=O)OCC(C)(C)C(=O)C(C)(C)C)cc1-c1cccc2ccccc12. The van der Waals surface area contributed by atoms with Gasteiger partial charge in [-0.05, 0) is 60.4 Å². The summed E-state index contributed by atoms with van der Waals surface area (Å²) in [5, 5.41) is 12.6. The van der Waals surface area contributed by atoms with Crippen molar-refractivity contribution in [2.24, 2.45) is 10.8 Å². The van der Waals surface area contributed by atoms with E-state index in [1.165, 1.54) is 6.07 Å². The quantitative estimate of drug-likeness (QED) is 0.493. The second-order valence-corrected chi connectivity index (χ2v) is 9.73. The molecule has 0 unspecified atom stereocenters. The lowest BCUT2D eigenvalue weighted by Crippen LogP contribution is -2.38. The molecule has 0 saturated heterocycles. The Morgan fingerprint density at radius 2 is 1.55 bits per heavy atom. The van der Waals surface area contributed by atoms with Crippen molar-refractivity contribution < 1.29 is 19.4 Å². The maximum Gasteiger partial charge on any atom is 0.338 e. The fourth-order valence-electron chi connectivity index (χ4n) is 3.97. The van der Waals surface area contributed by atoms with Gasteiger partial charge < -0.3 is 9.84 Å². The van der Waals surface area contributed by atoms with Crippen molar-refractivity contribution in [2.45, 2.75) is 41.5 Å². The summed E-state index contributed by atoms with van der Waals surface area (Å²) in [6, 6.07) is 17.1. The highest BCUT2D eigenvalue weighted by Gasteiger charge is 2.37. The van der Waals surface area contributed by atoms with Gasteiger partial charge in [-0.15, -0.1) is 0 Å². The molecule has 0 aromatic heterocycles. The summed E-state index contributed by atoms with van der Waals surface area (Å²) in [6.45, 7) is 10.9. The van der Waals surface area contributed by atoms with E-state index in [0.717, 1.165) is 21.9 Å². The number of hydrogen-bond donors (Lipinski definition) is 1. The highest BCUT2D eigenvalue weighted by Crippen LogP contribution is 2.36. The van der Waals surface area contributed by atoms with E-state index in [4.69, 9.17) is 4.74 Å². The van der Waals surface area contributed by atoms with E-state index in [0.29, 0.717) is 5.56 Å². The van der Waals surface area contributed by atoms with Crippen LogP contribution in [0.1, 0.15) is 50.5 Å². The van der Waals surface area contributed by atoms with Crippen LogP contribution < -0.4 is 0 Å². The molecule has 1 N–H and O–H groups in total. The van der Waals surface area contributed by atoms with Gasteiger partial charge in [0.1, 0.15) is 18.1 Å². The second kappa shape index (κ2) is 8.18. The van der Waals surface area contributed by atoms with Crippen molar-refractivity contribution in [1.82, 2.24) is 0 Å². The third-order valence-electron chi connectivity index (χ3n) is 5.56. The Hall–Kier alpha value is -3.14. The van der Waals surface area contributed by atoms with Crippen LogP contribution in [-0.2, 0) is 9.53 Å². The van der Waals surface area contributed by atoms with Crippen LogP contribution in [0.5, 0.6) is 5.75 Å². The zero-order valence-electron chi connectivity index (χ0n) is 19.1. The Labute approximate surface area is 183 Å². The van der Waals surface area contributed by atoms with Crippen molar-refractivity contribution in [3.63, 3.8) is 0 Å². The average molecular weight is 419 g/mol. The summed E-state index contributed by atoms with van der Waals surface area (Å²) in [7, 11) is 0. The van der Waals surface area contributed by atoms with Crippen LogP contribution in [0.4, 0.5) is 0 Å². The first-order chi connectivity index (χ1) is 14.4. The summed E-state index contributed by atoms with van der Waals surface area (Å²) in [4.78, 5) is 25.5. The molecular formula is C27H30O4. The molecule has 0 aliphatic rings. The maximum atomic E-state index is 12.8. The first-order valence-electron chi connectivity index (χ1n) is 10.5. The van der Waals surface area contributed by atoms with Gasteiger partial charge in [0, 0.05) is 5.41 Å². The summed E-state index contributed by atoms with van der Waals surface area (Å²) in [6.07, 6.45) is 0. The van der Waals surface area contributed by atoms with Gasteiger partial charge in [-0.2, -0.15) is 0 Å². The van der Waals surface area contributed by atoms with Gasteiger partial charge in [0.15, 0.2) is 0 Å². The number of ether oxygens (including phenoxy) is 1. The number of esters is 1. The second-order valence-electron chi connectivity index (χ2n) is 9.73. The standard InChI is InChI=1S/C27H30O4/c1-17-22(21-13-9-11-18-10-7-8-12-20(18)21)14-19(15-23(17)28)24(29)31-16-27(5,6)25(30)26(2,3)4/h7-15,28H,16H2,1-6H3. The molecule has 0 saturated carbocycles. The molecule has 0 heterocycles. The van der Waals surface area contributed by atoms with Crippen LogP contribution in [0.25, 0.3) is 21.9 Å². The number of aromatic hydroxyl groups is 1. The molecular weight excluding hydrogens is 388 g/mol. The minimum atomic E-state index is -0.806. The molecule has 3 rings (SSSR count). The van der Waals surface area contributed by atoms with Crippen LogP contribution in [0.3, 0.4) is 0 Å². The van der Waals surface area contributed by atoms with E-state index in [1.807, 2.05) is 70.2 Å². The topological polar surface area (TPSA) is 63.6 Å². The number of carbonyl (C=O) groups is 2. The number of carbonyl (C=O) groups excluding carboxylic acids is 2. The first-order valence-corrected chi connectivity index (χ1v) is 10.5.